The van der Waals surface area contributed by atoms with Crippen molar-refractivity contribution in [2.75, 3.05) is 6.26 Å². The predicted octanol–water partition coefficient (Wildman–Crippen LogP) is 2.24. The second-order valence-corrected chi connectivity index (χ2v) is 5.09. The molecule has 0 heterocycles. The normalized spacial score (nSPS) is 13.5. The summed E-state index contributed by atoms with van der Waals surface area (Å²) in [5.74, 6) is 0. The Labute approximate surface area is 102 Å². The minimum Gasteiger partial charge on any atom is -0.268 e. The molecule has 100 valence electrons. The highest BCUT2D eigenvalue weighted by molar-refractivity contribution is 7.85. The van der Waals surface area contributed by atoms with Crippen LogP contribution in [0.3, 0.4) is 0 Å². The van der Waals surface area contributed by atoms with Crippen molar-refractivity contribution in [3.63, 3.8) is 0 Å². The lowest BCUT2D eigenvalue weighted by Gasteiger charge is -2.11. The van der Waals surface area contributed by atoms with E-state index < -0.39 is 22.0 Å². The Balaban J connectivity index is 3.28. The molecule has 0 unspecified atom stereocenters. The highest BCUT2D eigenvalue weighted by Gasteiger charge is 2.38. The van der Waals surface area contributed by atoms with Crippen LogP contribution in [0.2, 0.25) is 0 Å². The molecular formula is C10H10F3NO3S. The van der Waals surface area contributed by atoms with E-state index in [1.807, 2.05) is 0 Å². The molecule has 0 amide bonds. The van der Waals surface area contributed by atoms with Crippen LogP contribution in [0.4, 0.5) is 13.2 Å². The van der Waals surface area contributed by atoms with Crippen molar-refractivity contribution in [2.24, 2.45) is 5.16 Å². The average Bonchev–Trinajstić information content (AvgIpc) is 2.17. The summed E-state index contributed by atoms with van der Waals surface area (Å²) in [5, 5.41) is 2.70. The fourth-order valence-corrected chi connectivity index (χ4v) is 1.41. The maximum absolute atomic E-state index is 12.8. The second kappa shape index (κ2) is 4.97. The lowest BCUT2D eigenvalue weighted by molar-refractivity contribution is -0.0597. The van der Waals surface area contributed by atoms with Crippen molar-refractivity contribution in [3.05, 3.63) is 35.4 Å². The first-order chi connectivity index (χ1) is 8.11. The molecule has 0 bridgehead atoms. The number of hydrogen-bond donors (Lipinski definition) is 0. The van der Waals surface area contributed by atoms with E-state index in [4.69, 9.17) is 0 Å². The molecule has 0 saturated heterocycles. The number of rotatable bonds is 3. The van der Waals surface area contributed by atoms with Crippen LogP contribution in [-0.4, -0.2) is 26.6 Å². The summed E-state index contributed by atoms with van der Waals surface area (Å²) in [6.07, 6.45) is -4.20. The lowest BCUT2D eigenvalue weighted by atomic mass is 10.0. The third-order valence-electron chi connectivity index (χ3n) is 1.93. The number of hydrogen-bond acceptors (Lipinski definition) is 4. The van der Waals surface area contributed by atoms with Gasteiger partial charge in [0.15, 0.2) is 5.71 Å². The number of aryl methyl sites for hydroxylation is 1. The predicted molar refractivity (Wildman–Crippen MR) is 59.7 cm³/mol. The van der Waals surface area contributed by atoms with E-state index >= 15 is 0 Å². The first-order valence-electron chi connectivity index (χ1n) is 4.71. The number of halogens is 3. The van der Waals surface area contributed by atoms with Gasteiger partial charge in [-0.25, -0.2) is 0 Å². The van der Waals surface area contributed by atoms with Gasteiger partial charge in [-0.05, 0) is 12.5 Å². The average molecular weight is 281 g/mol. The first-order valence-corrected chi connectivity index (χ1v) is 6.53. The Bertz CT molecular complexity index is 564. The third-order valence-corrected chi connectivity index (χ3v) is 2.28. The van der Waals surface area contributed by atoms with E-state index in [0.717, 1.165) is 0 Å². The summed E-state index contributed by atoms with van der Waals surface area (Å²) in [6.45, 7) is 1.46. The molecule has 0 aromatic heterocycles. The Morgan fingerprint density at radius 3 is 2.28 bits per heavy atom. The molecule has 0 radical (unpaired) electrons. The highest BCUT2D eigenvalue weighted by Crippen LogP contribution is 2.24. The number of oxime groups is 1. The van der Waals surface area contributed by atoms with Crippen molar-refractivity contribution in [1.29, 1.82) is 0 Å². The van der Waals surface area contributed by atoms with Crippen LogP contribution in [-0.2, 0) is 14.4 Å². The van der Waals surface area contributed by atoms with Gasteiger partial charge in [0.25, 0.3) is 0 Å². The summed E-state index contributed by atoms with van der Waals surface area (Å²) >= 11 is 0. The molecule has 0 fully saturated rings. The molecule has 8 heteroatoms. The molecule has 0 aliphatic heterocycles. The zero-order valence-electron chi connectivity index (χ0n) is 9.52. The second-order valence-electron chi connectivity index (χ2n) is 3.53. The number of benzene rings is 1. The van der Waals surface area contributed by atoms with Crippen molar-refractivity contribution in [2.45, 2.75) is 13.1 Å². The highest BCUT2D eigenvalue weighted by atomic mass is 32.2. The van der Waals surface area contributed by atoms with Gasteiger partial charge in [0.1, 0.15) is 0 Å². The molecule has 4 nitrogen and oxygen atoms in total. The van der Waals surface area contributed by atoms with Crippen LogP contribution < -0.4 is 0 Å². The van der Waals surface area contributed by atoms with Gasteiger partial charge in [-0.15, -0.1) is 0 Å². The SMILES string of the molecule is Cc1ccccc1/C(=N/OS(C)(=O)=O)C(F)(F)F. The summed E-state index contributed by atoms with van der Waals surface area (Å²) in [4.78, 5) is 0. The molecule has 0 aliphatic rings. The Morgan fingerprint density at radius 1 is 1.28 bits per heavy atom. The van der Waals surface area contributed by atoms with E-state index in [-0.39, 0.29) is 5.56 Å². The lowest BCUT2D eigenvalue weighted by Crippen LogP contribution is -2.25. The molecule has 1 aromatic carbocycles. The van der Waals surface area contributed by atoms with Gasteiger partial charge in [0.05, 0.1) is 6.26 Å². The van der Waals surface area contributed by atoms with Crippen LogP contribution in [0.5, 0.6) is 0 Å². The van der Waals surface area contributed by atoms with Crippen LogP contribution in [0.1, 0.15) is 11.1 Å². The van der Waals surface area contributed by atoms with E-state index in [1.165, 1.54) is 25.1 Å². The molecule has 0 saturated carbocycles. The van der Waals surface area contributed by atoms with E-state index in [0.29, 0.717) is 11.8 Å². The molecule has 0 atom stereocenters. The summed E-state index contributed by atoms with van der Waals surface area (Å²) in [6, 6.07) is 5.60. The Hall–Kier alpha value is -1.57. The van der Waals surface area contributed by atoms with E-state index in [9.17, 15) is 21.6 Å². The molecule has 0 spiro atoms. The standard InChI is InChI=1S/C10H10F3NO3S/c1-7-5-3-4-6-8(7)9(10(11,12)13)14-17-18(2,15)16/h3-6H,1-2H3/b14-9-. The van der Waals surface area contributed by atoms with Crippen molar-refractivity contribution < 1.29 is 25.9 Å². The molecule has 1 aromatic rings. The Kier molecular flexibility index (Phi) is 4.00. The van der Waals surface area contributed by atoms with E-state index in [1.54, 1.807) is 6.07 Å². The van der Waals surface area contributed by atoms with Crippen LogP contribution in [0.25, 0.3) is 0 Å². The minimum absolute atomic E-state index is 0.228. The number of nitrogens with zero attached hydrogens (tertiary/aromatic N) is 1. The Morgan fingerprint density at radius 2 is 1.83 bits per heavy atom. The van der Waals surface area contributed by atoms with Gasteiger partial charge in [-0.2, -0.15) is 21.6 Å². The molecular weight excluding hydrogens is 271 g/mol. The monoisotopic (exact) mass is 281 g/mol. The van der Waals surface area contributed by atoms with Crippen molar-refractivity contribution in [1.82, 2.24) is 0 Å². The van der Waals surface area contributed by atoms with Gasteiger partial charge in [0, 0.05) is 5.56 Å². The minimum atomic E-state index is -4.81. The molecule has 1 rings (SSSR count). The molecule has 0 aliphatic carbocycles. The summed E-state index contributed by atoms with van der Waals surface area (Å²) < 4.78 is 63.5. The summed E-state index contributed by atoms with van der Waals surface area (Å²) in [5.41, 5.74) is -1.30. The topological polar surface area (TPSA) is 55.7 Å². The zero-order valence-corrected chi connectivity index (χ0v) is 10.3. The van der Waals surface area contributed by atoms with Crippen molar-refractivity contribution in [3.8, 4) is 0 Å². The molecule has 0 N–H and O–H groups in total. The van der Waals surface area contributed by atoms with Gasteiger partial charge in [0.2, 0.25) is 0 Å². The first kappa shape index (κ1) is 14.5. The van der Waals surface area contributed by atoms with Crippen molar-refractivity contribution >= 4 is 15.8 Å². The van der Waals surface area contributed by atoms with Gasteiger partial charge in [-0.3, -0.25) is 4.28 Å². The maximum Gasteiger partial charge on any atom is 0.437 e. The third kappa shape index (κ3) is 4.02. The largest absolute Gasteiger partial charge is 0.437 e. The smallest absolute Gasteiger partial charge is 0.268 e. The van der Waals surface area contributed by atoms with Gasteiger partial charge in [-0.1, -0.05) is 29.4 Å². The van der Waals surface area contributed by atoms with Crippen LogP contribution in [0, 0.1) is 6.92 Å². The van der Waals surface area contributed by atoms with Gasteiger partial charge >= 0.3 is 16.3 Å². The maximum atomic E-state index is 12.8. The van der Waals surface area contributed by atoms with Crippen LogP contribution >= 0.6 is 0 Å². The van der Waals surface area contributed by atoms with Crippen LogP contribution in [0.15, 0.2) is 29.4 Å². The fourth-order valence-electron chi connectivity index (χ4n) is 1.20. The molecule has 18 heavy (non-hydrogen) atoms. The number of alkyl halides is 3. The zero-order chi connectivity index (χ0) is 14.0. The van der Waals surface area contributed by atoms with Gasteiger partial charge < -0.3 is 0 Å². The summed E-state index contributed by atoms with van der Waals surface area (Å²) in [7, 11) is -4.09. The quantitative estimate of drug-likeness (QED) is 0.630. The van der Waals surface area contributed by atoms with E-state index in [2.05, 4.69) is 9.44 Å². The fraction of sp³-hybridized carbons (Fsp3) is 0.300.